The number of phenols is 5. The zero-order chi connectivity index (χ0) is 65.0. The van der Waals surface area contributed by atoms with Crippen LogP contribution in [0, 0.1) is 34.6 Å². The van der Waals surface area contributed by atoms with Crippen molar-refractivity contribution in [3.05, 3.63) is 291 Å². The van der Waals surface area contributed by atoms with Crippen LogP contribution >= 0.6 is 127 Å². The first-order chi connectivity index (χ1) is 41.3. The summed E-state index contributed by atoms with van der Waals surface area (Å²) in [6, 6.07) is 61.6. The van der Waals surface area contributed by atoms with E-state index in [9.17, 15) is 23.7 Å². The number of hydrogen-bond acceptors (Lipinski definition) is 7. The number of benzene rings is 10. The number of aryl methyl sites for hydroxylation is 3. The molecule has 0 bridgehead atoms. The Morgan fingerprint density at radius 2 is 0.562 bits per heavy atom. The summed E-state index contributed by atoms with van der Waals surface area (Å²) in [7, 11) is -3.69. The summed E-state index contributed by atoms with van der Waals surface area (Å²) in [6.07, 6.45) is 0.917. The maximum absolute atomic E-state index is 12.7. The molecular formula is C73H70Br8O7S. The molecule has 0 aliphatic heterocycles. The standard InChI is InChI=1S/C16H14Br4O.C16H18O.C14H14O.C13H8Br4O3S.C13H12O.CH4/c1-8-11(17)4-9(5-12(8)18)16(2,3)10-6-13(19)15(21)14(20)7-10;1-12-4-6-13(7-5-12)16(2,3)14-8-10-15(17)11-9-14;1-11-2-4-12(5-3-11)10-13-6-8-14(15)9-7-13;1-6-9(14)2-7(3-10(6)15)21(19,20)8-4-11(16)13(18)12(17)5-8;1-10-2-4-11(5-3-10)12-6-8-13(14)9-7-12;/h4-7,21H,1-3H3;4-11,17H,1-3H3;2-9,15H,10H2,1H3;2-5,18H,1H3;2-9,14H,1H3;1H4. The topological polar surface area (TPSA) is 135 Å². The Kier molecular flexibility index (Phi) is 27.7. The first-order valence-corrected chi connectivity index (χ1v) is 35.2. The van der Waals surface area contributed by atoms with Crippen molar-refractivity contribution in [2.45, 2.75) is 96.8 Å². The third-order valence-electron chi connectivity index (χ3n) is 14.7. The Bertz CT molecular complexity index is 3770. The summed E-state index contributed by atoms with van der Waals surface area (Å²) in [5.74, 6) is 1.12. The first kappa shape index (κ1) is 74.7. The third-order valence-corrected chi connectivity index (χ3v) is 22.1. The highest BCUT2D eigenvalue weighted by atomic mass is 79.9. The highest BCUT2D eigenvalue weighted by molar-refractivity contribution is 9.12. The van der Waals surface area contributed by atoms with Crippen molar-refractivity contribution in [2.24, 2.45) is 0 Å². The second-order valence-electron chi connectivity index (χ2n) is 22.0. The number of halogens is 8. The van der Waals surface area contributed by atoms with Gasteiger partial charge in [0.15, 0.2) is 0 Å². The lowest BCUT2D eigenvalue weighted by Gasteiger charge is -2.28. The van der Waals surface area contributed by atoms with E-state index in [1.165, 1.54) is 67.8 Å². The molecule has 0 amide bonds. The van der Waals surface area contributed by atoms with Crippen LogP contribution < -0.4 is 0 Å². The lowest BCUT2D eigenvalue weighted by Crippen LogP contribution is -2.19. The van der Waals surface area contributed by atoms with Crippen LogP contribution in [0.2, 0.25) is 0 Å². The van der Waals surface area contributed by atoms with Crippen LogP contribution in [-0.2, 0) is 27.1 Å². The van der Waals surface area contributed by atoms with Gasteiger partial charge < -0.3 is 25.5 Å². The molecule has 0 saturated carbocycles. The van der Waals surface area contributed by atoms with Crippen LogP contribution in [0.5, 0.6) is 28.7 Å². The molecule has 466 valence electrons. The lowest BCUT2D eigenvalue weighted by molar-refractivity contribution is 0.467. The third kappa shape index (κ3) is 20.5. The van der Waals surface area contributed by atoms with Crippen LogP contribution in [-0.4, -0.2) is 34.0 Å². The van der Waals surface area contributed by atoms with Gasteiger partial charge in [-0.25, -0.2) is 8.42 Å². The number of hydrogen-bond donors (Lipinski definition) is 5. The molecule has 7 nitrogen and oxygen atoms in total. The summed E-state index contributed by atoms with van der Waals surface area (Å²) in [5.41, 5.74) is 15.3. The fourth-order valence-corrected chi connectivity index (χ4v) is 15.4. The molecule has 5 N–H and O–H groups in total. The number of rotatable bonds is 9. The highest BCUT2D eigenvalue weighted by Crippen LogP contribution is 2.43. The summed E-state index contributed by atoms with van der Waals surface area (Å²) in [5, 5.41) is 47.2. The normalized spacial score (nSPS) is 11.0. The molecule has 0 unspecified atom stereocenters. The molecule has 0 aliphatic rings. The Morgan fingerprint density at radius 1 is 0.326 bits per heavy atom. The summed E-state index contributed by atoms with van der Waals surface area (Å²) in [6.45, 7) is 18.9. The predicted molar refractivity (Wildman–Crippen MR) is 396 cm³/mol. The van der Waals surface area contributed by atoms with Gasteiger partial charge in [0.05, 0.1) is 27.7 Å². The van der Waals surface area contributed by atoms with Crippen molar-refractivity contribution in [1.82, 2.24) is 0 Å². The van der Waals surface area contributed by atoms with Gasteiger partial charge in [0.1, 0.15) is 28.7 Å². The monoisotopic (exact) mass is 1720 g/mol. The number of sulfone groups is 1. The number of aromatic hydroxyl groups is 5. The predicted octanol–water partition coefficient (Wildman–Crippen LogP) is 24.0. The molecular weight excluding hydrogens is 1660 g/mol. The SMILES string of the molecule is C.Cc1c(Br)cc(C(C)(C)c2cc(Br)c(O)c(Br)c2)cc1Br.Cc1c(Br)cc(S(=O)(=O)c2cc(Br)c(O)c(Br)c2)cc1Br.Cc1ccc(-c2ccc(O)cc2)cc1.Cc1ccc(C(C)(C)c2ccc(O)cc2)cc1.Cc1ccc(Cc2ccc(O)cc2)cc1. The van der Waals surface area contributed by atoms with E-state index in [0.29, 0.717) is 44.1 Å². The van der Waals surface area contributed by atoms with E-state index in [2.05, 4.69) is 268 Å². The van der Waals surface area contributed by atoms with Crippen LogP contribution in [0.15, 0.2) is 240 Å². The summed E-state index contributed by atoms with van der Waals surface area (Å²) in [4.78, 5) is 0.248. The largest absolute Gasteiger partial charge is 0.508 e. The molecule has 10 aromatic carbocycles. The summed E-state index contributed by atoms with van der Waals surface area (Å²) >= 11 is 27.0. The van der Waals surface area contributed by atoms with Crippen molar-refractivity contribution in [2.75, 3.05) is 0 Å². The van der Waals surface area contributed by atoms with Crippen LogP contribution in [0.3, 0.4) is 0 Å². The lowest BCUT2D eigenvalue weighted by atomic mass is 9.78. The average molecular weight is 1730 g/mol. The molecule has 16 heteroatoms. The molecule has 0 atom stereocenters. The summed E-state index contributed by atoms with van der Waals surface area (Å²) < 4.78 is 30.9. The van der Waals surface area contributed by atoms with E-state index in [0.717, 1.165) is 32.1 Å². The van der Waals surface area contributed by atoms with E-state index in [-0.39, 0.29) is 39.5 Å². The second-order valence-corrected chi connectivity index (χ2v) is 30.8. The van der Waals surface area contributed by atoms with Crippen LogP contribution in [0.25, 0.3) is 11.1 Å². The minimum Gasteiger partial charge on any atom is -0.508 e. The van der Waals surface area contributed by atoms with Gasteiger partial charge in [-0.3, -0.25) is 0 Å². The van der Waals surface area contributed by atoms with Gasteiger partial charge in [0.25, 0.3) is 0 Å². The van der Waals surface area contributed by atoms with Crippen molar-refractivity contribution in [3.8, 4) is 39.9 Å². The molecule has 10 aromatic rings. The van der Waals surface area contributed by atoms with E-state index in [4.69, 9.17) is 10.2 Å². The van der Waals surface area contributed by atoms with Gasteiger partial charge in [-0.15, -0.1) is 0 Å². The van der Waals surface area contributed by atoms with E-state index < -0.39 is 9.84 Å². The molecule has 0 radical (unpaired) electrons. The van der Waals surface area contributed by atoms with Gasteiger partial charge in [-0.1, -0.05) is 225 Å². The van der Waals surface area contributed by atoms with Crippen molar-refractivity contribution >= 4 is 137 Å². The molecule has 0 heterocycles. The van der Waals surface area contributed by atoms with Gasteiger partial charge in [-0.05, 0) is 245 Å². The minimum absolute atomic E-state index is 0. The van der Waals surface area contributed by atoms with Crippen LogP contribution in [0.1, 0.15) is 96.3 Å². The van der Waals surface area contributed by atoms with Crippen molar-refractivity contribution < 1.29 is 34.0 Å². The maximum Gasteiger partial charge on any atom is 0.206 e. The Labute approximate surface area is 592 Å². The van der Waals surface area contributed by atoms with Gasteiger partial charge in [0.2, 0.25) is 9.84 Å². The molecule has 0 saturated heterocycles. The Balaban J connectivity index is 0.000000204. The molecule has 0 aromatic heterocycles. The molecule has 10 rings (SSSR count). The first-order valence-electron chi connectivity index (χ1n) is 27.4. The molecule has 0 spiro atoms. The maximum atomic E-state index is 12.7. The fraction of sp³-hybridized carbons (Fsp3) is 0.178. The average Bonchev–Trinajstić information content (AvgIpc) is 0.927. The van der Waals surface area contributed by atoms with Crippen LogP contribution in [0.4, 0.5) is 0 Å². The Morgan fingerprint density at radius 3 is 0.933 bits per heavy atom. The molecule has 0 fully saturated rings. The fourth-order valence-electron chi connectivity index (χ4n) is 8.68. The minimum atomic E-state index is -3.69. The van der Waals surface area contributed by atoms with Gasteiger partial charge in [-0.2, -0.15) is 0 Å². The second kappa shape index (κ2) is 33.0. The van der Waals surface area contributed by atoms with Crippen molar-refractivity contribution in [3.63, 3.8) is 0 Å². The zero-order valence-electron chi connectivity index (χ0n) is 49.7. The smallest absolute Gasteiger partial charge is 0.206 e. The highest BCUT2D eigenvalue weighted by Gasteiger charge is 2.27. The molecule has 0 aliphatic carbocycles. The van der Waals surface area contributed by atoms with Crippen molar-refractivity contribution in [1.29, 1.82) is 0 Å². The Hall–Kier alpha value is -5.01. The van der Waals surface area contributed by atoms with Gasteiger partial charge >= 0.3 is 0 Å². The van der Waals surface area contributed by atoms with E-state index in [1.807, 2.05) is 55.5 Å². The zero-order valence-corrected chi connectivity index (χ0v) is 63.2. The number of phenolic OH excluding ortho intramolecular Hbond substituents is 5. The van der Waals surface area contributed by atoms with E-state index >= 15 is 0 Å². The van der Waals surface area contributed by atoms with E-state index in [1.54, 1.807) is 48.5 Å². The van der Waals surface area contributed by atoms with Gasteiger partial charge in [0, 0.05) is 28.7 Å². The molecule has 89 heavy (non-hydrogen) atoms. The quantitative estimate of drug-likeness (QED) is 0.0971.